The average molecular weight is 480 g/mol. The van der Waals surface area contributed by atoms with Crippen molar-refractivity contribution in [2.24, 2.45) is 5.73 Å². The Morgan fingerprint density at radius 1 is 1.39 bits per heavy atom. The summed E-state index contributed by atoms with van der Waals surface area (Å²) in [6, 6.07) is 6.67. The van der Waals surface area contributed by atoms with E-state index < -0.39 is 22.0 Å². The molecule has 1 amide bonds. The van der Waals surface area contributed by atoms with Crippen LogP contribution in [0.3, 0.4) is 0 Å². The molecule has 162 valence electrons. The summed E-state index contributed by atoms with van der Waals surface area (Å²) >= 11 is 7.08. The number of phenolic OH excluding ortho intramolecular Hbond substituents is 1. The molecule has 1 unspecified atom stereocenters. The zero-order chi connectivity index (χ0) is 22.3. The summed E-state index contributed by atoms with van der Waals surface area (Å²) in [6.07, 6.45) is 1.79. The van der Waals surface area contributed by atoms with Crippen LogP contribution in [0.5, 0.6) is 5.75 Å². The van der Waals surface area contributed by atoms with E-state index in [4.69, 9.17) is 22.7 Å². The molecule has 3 aromatic rings. The average Bonchev–Trinajstić information content (AvgIpc) is 3.30. The number of nitrogens with one attached hydrogen (secondary N) is 2. The number of aromatic nitrogens is 1. The molecule has 1 aliphatic rings. The molecule has 0 saturated carbocycles. The lowest BCUT2D eigenvalue weighted by Crippen LogP contribution is -2.41. The normalized spacial score (nSPS) is 16.9. The van der Waals surface area contributed by atoms with Crippen LogP contribution in [-0.2, 0) is 21.4 Å². The van der Waals surface area contributed by atoms with Gasteiger partial charge >= 0.3 is 0 Å². The lowest BCUT2D eigenvalue weighted by molar-refractivity contribution is -0.129. The Labute approximate surface area is 187 Å². The zero-order valence-corrected chi connectivity index (χ0v) is 18.4. The molecule has 1 aromatic carbocycles. The Balaban J connectivity index is 1.51. The van der Waals surface area contributed by atoms with E-state index >= 15 is 0 Å². The summed E-state index contributed by atoms with van der Waals surface area (Å²) in [5.41, 5.74) is 6.34. The van der Waals surface area contributed by atoms with E-state index in [2.05, 4.69) is 9.71 Å². The van der Waals surface area contributed by atoms with Crippen molar-refractivity contribution in [3.05, 3.63) is 52.8 Å². The molecule has 3 heterocycles. The first-order chi connectivity index (χ1) is 14.7. The van der Waals surface area contributed by atoms with E-state index in [9.17, 15) is 18.3 Å². The standard InChI is InChI=1S/C19H18ClN5O4S2/c20-17-12-8-16(30-15(12)3-5-23-17)31(28,29)24-13-4-6-25(19(13)27)9-11-7-10(18(21)22)1-2-14(11)26/h1-3,5,7-8,13,24,26H,4,6,9H2,(H3,21,22). The van der Waals surface area contributed by atoms with Gasteiger partial charge in [0.25, 0.3) is 10.0 Å². The minimum absolute atomic E-state index is 0.0300. The van der Waals surface area contributed by atoms with Crippen LogP contribution in [0.15, 0.2) is 40.7 Å². The first kappa shape index (κ1) is 21.5. The molecular formula is C19H18ClN5O4S2. The van der Waals surface area contributed by atoms with Crippen LogP contribution in [0.25, 0.3) is 10.1 Å². The highest BCUT2D eigenvalue weighted by atomic mass is 35.5. The third-order valence-electron chi connectivity index (χ3n) is 4.99. The number of nitrogen functional groups attached to an aromatic ring is 1. The Hall–Kier alpha value is -2.73. The van der Waals surface area contributed by atoms with Gasteiger partial charge in [-0.25, -0.2) is 13.4 Å². The van der Waals surface area contributed by atoms with Gasteiger partial charge in [-0.1, -0.05) is 11.6 Å². The van der Waals surface area contributed by atoms with Crippen LogP contribution >= 0.6 is 22.9 Å². The number of carbonyl (C=O) groups is 1. The number of sulfonamides is 1. The van der Waals surface area contributed by atoms with Crippen molar-refractivity contribution in [2.75, 3.05) is 6.54 Å². The molecule has 0 radical (unpaired) electrons. The lowest BCUT2D eigenvalue weighted by Gasteiger charge is -2.18. The minimum atomic E-state index is -3.94. The number of hydrogen-bond donors (Lipinski definition) is 4. The van der Waals surface area contributed by atoms with Gasteiger partial charge in [0.05, 0.1) is 0 Å². The van der Waals surface area contributed by atoms with E-state index in [1.807, 2.05) is 0 Å². The number of phenols is 1. The first-order valence-corrected chi connectivity index (χ1v) is 11.8. The van der Waals surface area contributed by atoms with E-state index in [1.54, 1.807) is 6.07 Å². The topological polar surface area (TPSA) is 149 Å². The number of likely N-dealkylation sites (tertiary alicyclic amines) is 1. The van der Waals surface area contributed by atoms with Gasteiger partial charge in [-0.3, -0.25) is 10.2 Å². The van der Waals surface area contributed by atoms with Crippen molar-refractivity contribution < 1.29 is 18.3 Å². The second-order valence-electron chi connectivity index (χ2n) is 7.06. The number of thiophene rings is 1. The van der Waals surface area contributed by atoms with Gasteiger partial charge < -0.3 is 15.7 Å². The number of carbonyl (C=O) groups excluding carboxylic acids is 1. The van der Waals surface area contributed by atoms with Crippen LogP contribution in [0.1, 0.15) is 17.5 Å². The van der Waals surface area contributed by atoms with Gasteiger partial charge in [-0.05, 0) is 36.8 Å². The number of nitrogens with two attached hydrogens (primary N) is 1. The highest BCUT2D eigenvalue weighted by Gasteiger charge is 2.35. The molecule has 31 heavy (non-hydrogen) atoms. The Morgan fingerprint density at radius 2 is 2.16 bits per heavy atom. The van der Waals surface area contributed by atoms with Crippen LogP contribution in [0.4, 0.5) is 0 Å². The van der Waals surface area contributed by atoms with Crippen molar-refractivity contribution in [3.8, 4) is 5.75 Å². The number of fused-ring (bicyclic) bond motifs is 1. The maximum atomic E-state index is 12.8. The van der Waals surface area contributed by atoms with Gasteiger partial charge in [-0.2, -0.15) is 4.72 Å². The van der Waals surface area contributed by atoms with Crippen LogP contribution < -0.4 is 10.5 Å². The quantitative estimate of drug-likeness (QED) is 0.241. The fourth-order valence-electron chi connectivity index (χ4n) is 3.38. The number of hydrogen-bond acceptors (Lipinski definition) is 7. The summed E-state index contributed by atoms with van der Waals surface area (Å²) in [5.74, 6) is -0.576. The van der Waals surface area contributed by atoms with Crippen molar-refractivity contribution in [1.29, 1.82) is 5.41 Å². The predicted molar refractivity (Wildman–Crippen MR) is 118 cm³/mol. The number of benzene rings is 1. The Morgan fingerprint density at radius 3 is 2.87 bits per heavy atom. The monoisotopic (exact) mass is 479 g/mol. The molecule has 9 nitrogen and oxygen atoms in total. The molecule has 1 saturated heterocycles. The molecule has 0 bridgehead atoms. The van der Waals surface area contributed by atoms with E-state index in [1.165, 1.54) is 35.4 Å². The second-order valence-corrected chi connectivity index (χ2v) is 10.4. The van der Waals surface area contributed by atoms with Gasteiger partial charge in [0, 0.05) is 40.5 Å². The third-order valence-corrected chi connectivity index (χ3v) is 8.33. The highest BCUT2D eigenvalue weighted by molar-refractivity contribution is 7.91. The number of aromatic hydroxyl groups is 1. The van der Waals surface area contributed by atoms with E-state index in [0.29, 0.717) is 34.2 Å². The molecule has 2 aromatic heterocycles. The first-order valence-electron chi connectivity index (χ1n) is 9.17. The molecule has 4 rings (SSSR count). The Kier molecular flexibility index (Phi) is 5.60. The highest BCUT2D eigenvalue weighted by Crippen LogP contribution is 2.32. The van der Waals surface area contributed by atoms with Crippen molar-refractivity contribution in [3.63, 3.8) is 0 Å². The van der Waals surface area contributed by atoms with E-state index in [0.717, 1.165) is 11.3 Å². The molecule has 5 N–H and O–H groups in total. The number of amides is 1. The summed E-state index contributed by atoms with van der Waals surface area (Å²) in [6.45, 7) is 0.395. The van der Waals surface area contributed by atoms with Crippen LogP contribution in [0, 0.1) is 5.41 Å². The zero-order valence-electron chi connectivity index (χ0n) is 16.0. The van der Waals surface area contributed by atoms with Crippen LogP contribution in [-0.4, -0.2) is 47.7 Å². The summed E-state index contributed by atoms with van der Waals surface area (Å²) in [5, 5.41) is 18.4. The predicted octanol–water partition coefficient (Wildman–Crippen LogP) is 2.02. The molecular weight excluding hydrogens is 462 g/mol. The van der Waals surface area contributed by atoms with Crippen LogP contribution in [0.2, 0.25) is 5.15 Å². The molecule has 0 aliphatic carbocycles. The van der Waals surface area contributed by atoms with Crippen molar-refractivity contribution in [2.45, 2.75) is 23.2 Å². The maximum absolute atomic E-state index is 12.8. The van der Waals surface area contributed by atoms with Gasteiger partial charge in [0.1, 0.15) is 27.0 Å². The summed E-state index contributed by atoms with van der Waals surface area (Å²) in [4.78, 5) is 18.2. The van der Waals surface area contributed by atoms with Gasteiger partial charge in [0.15, 0.2) is 0 Å². The van der Waals surface area contributed by atoms with Gasteiger partial charge in [-0.15, -0.1) is 11.3 Å². The molecule has 1 aliphatic heterocycles. The van der Waals surface area contributed by atoms with Crippen molar-refractivity contribution >= 4 is 54.8 Å². The number of nitrogens with zero attached hydrogens (tertiary/aromatic N) is 2. The molecule has 1 fully saturated rings. The smallest absolute Gasteiger partial charge is 0.250 e. The summed E-state index contributed by atoms with van der Waals surface area (Å²) < 4.78 is 28.9. The fourth-order valence-corrected chi connectivity index (χ4v) is 6.27. The lowest BCUT2D eigenvalue weighted by atomic mass is 10.1. The maximum Gasteiger partial charge on any atom is 0.250 e. The third kappa shape index (κ3) is 4.22. The number of amidine groups is 1. The van der Waals surface area contributed by atoms with Gasteiger partial charge in [0.2, 0.25) is 5.91 Å². The second kappa shape index (κ2) is 8.08. The van der Waals surface area contributed by atoms with E-state index in [-0.39, 0.29) is 27.5 Å². The SMILES string of the molecule is N=C(N)c1ccc(O)c(CN2CCC(NS(=O)(=O)c3cc4c(Cl)nccc4s3)C2=O)c1. The fraction of sp³-hybridized carbons (Fsp3) is 0.211. The largest absolute Gasteiger partial charge is 0.508 e. The number of pyridine rings is 1. The number of rotatable bonds is 6. The molecule has 12 heteroatoms. The summed E-state index contributed by atoms with van der Waals surface area (Å²) in [7, 11) is -3.94. The minimum Gasteiger partial charge on any atom is -0.508 e. The Bertz CT molecular complexity index is 1310. The molecule has 0 spiro atoms. The molecule has 1 atom stereocenters. The number of halogens is 1. The van der Waals surface area contributed by atoms with Crippen molar-refractivity contribution in [1.82, 2.24) is 14.6 Å².